The summed E-state index contributed by atoms with van der Waals surface area (Å²) in [6.07, 6.45) is 2.07. The second-order valence-electron chi connectivity index (χ2n) is 11.4. The van der Waals surface area contributed by atoms with Crippen molar-refractivity contribution in [3.8, 4) is 29.0 Å². The van der Waals surface area contributed by atoms with Gasteiger partial charge in [-0.15, -0.1) is 11.3 Å². The SMILES string of the molecule is N#Cc1c(N)sc2c(F)ccc(-c3c(Cl)c4c5c(nc(OC[C@@]67CCCN6C[C@H](F)C7)nc5c3F)N3CC[C@H]3CO4)c12. The van der Waals surface area contributed by atoms with E-state index >= 15 is 4.39 Å². The first kappa shape index (κ1) is 26.1. The zero-order valence-electron chi connectivity index (χ0n) is 22.2. The molecule has 0 saturated carbocycles. The Morgan fingerprint density at radius 2 is 2.12 bits per heavy atom. The number of rotatable bonds is 4. The fraction of sp³-hybridized carbons (Fsp3) is 0.414. The summed E-state index contributed by atoms with van der Waals surface area (Å²) < 4.78 is 58.5. The van der Waals surface area contributed by atoms with Crippen molar-refractivity contribution in [2.24, 2.45) is 0 Å². The molecule has 2 aromatic carbocycles. The normalized spacial score (nSPS) is 24.7. The predicted octanol–water partition coefficient (Wildman–Crippen LogP) is 5.82. The lowest BCUT2D eigenvalue weighted by molar-refractivity contribution is 0.107. The Bertz CT molecular complexity index is 1860. The lowest BCUT2D eigenvalue weighted by Gasteiger charge is -2.40. The highest BCUT2D eigenvalue weighted by Gasteiger charge is 2.49. The number of nitriles is 1. The average Bonchev–Trinajstić information content (AvgIpc) is 3.57. The van der Waals surface area contributed by atoms with Crippen LogP contribution in [0.1, 0.15) is 31.2 Å². The van der Waals surface area contributed by atoms with E-state index in [2.05, 4.69) is 9.88 Å². The number of nitrogen functional groups attached to an aromatic ring is 1. The van der Waals surface area contributed by atoms with Gasteiger partial charge < -0.3 is 20.1 Å². The van der Waals surface area contributed by atoms with Crippen LogP contribution in [-0.2, 0) is 0 Å². The van der Waals surface area contributed by atoms with E-state index in [1.807, 2.05) is 11.0 Å². The minimum Gasteiger partial charge on any atom is -0.489 e. The van der Waals surface area contributed by atoms with Gasteiger partial charge in [-0.1, -0.05) is 17.7 Å². The number of nitrogens with two attached hydrogens (primary N) is 1. The Balaban J connectivity index is 1.33. The molecular formula is C29H24ClF3N6O2S. The molecule has 0 amide bonds. The molecule has 8 nitrogen and oxygen atoms in total. The second kappa shape index (κ2) is 9.23. The predicted molar refractivity (Wildman–Crippen MR) is 154 cm³/mol. The number of halogens is 4. The van der Waals surface area contributed by atoms with E-state index in [-0.39, 0.29) is 66.7 Å². The Morgan fingerprint density at radius 1 is 1.26 bits per heavy atom. The number of nitrogens with zero attached hydrogens (tertiary/aromatic N) is 5. The molecule has 13 heteroatoms. The highest BCUT2D eigenvalue weighted by atomic mass is 35.5. The van der Waals surface area contributed by atoms with Crippen LogP contribution in [0, 0.1) is 23.0 Å². The maximum Gasteiger partial charge on any atom is 0.319 e. The molecule has 216 valence electrons. The number of ether oxygens (including phenoxy) is 2. The highest BCUT2D eigenvalue weighted by molar-refractivity contribution is 7.23. The van der Waals surface area contributed by atoms with Crippen LogP contribution >= 0.6 is 22.9 Å². The van der Waals surface area contributed by atoms with Gasteiger partial charge in [0, 0.05) is 30.5 Å². The minimum absolute atomic E-state index is 0.0105. The smallest absolute Gasteiger partial charge is 0.319 e. The number of hydrogen-bond acceptors (Lipinski definition) is 9. The third-order valence-corrected chi connectivity index (χ3v) is 10.6. The summed E-state index contributed by atoms with van der Waals surface area (Å²) in [6.45, 7) is 2.37. The zero-order valence-corrected chi connectivity index (χ0v) is 23.8. The van der Waals surface area contributed by atoms with E-state index in [0.717, 1.165) is 37.1 Å². The summed E-state index contributed by atoms with van der Waals surface area (Å²) in [5, 5.41) is 10.4. The Hall–Kier alpha value is -3.53. The molecule has 0 spiro atoms. The van der Waals surface area contributed by atoms with Crippen LogP contribution in [0.5, 0.6) is 11.8 Å². The number of anilines is 2. The lowest BCUT2D eigenvalue weighted by Crippen LogP contribution is -2.50. The third kappa shape index (κ3) is 3.56. The summed E-state index contributed by atoms with van der Waals surface area (Å²) >= 11 is 7.83. The molecule has 4 aliphatic rings. The van der Waals surface area contributed by atoms with Crippen LogP contribution < -0.4 is 20.1 Å². The quantitative estimate of drug-likeness (QED) is 0.308. The number of thiophene rings is 1. The van der Waals surface area contributed by atoms with Crippen LogP contribution in [0.3, 0.4) is 0 Å². The molecule has 0 bridgehead atoms. The molecule has 3 fully saturated rings. The van der Waals surface area contributed by atoms with Crippen LogP contribution in [0.2, 0.25) is 5.02 Å². The summed E-state index contributed by atoms with van der Waals surface area (Å²) in [7, 11) is 0. The summed E-state index contributed by atoms with van der Waals surface area (Å²) in [5.41, 5.74) is 5.73. The number of fused-ring (bicyclic) bond motifs is 4. The van der Waals surface area contributed by atoms with E-state index in [9.17, 15) is 14.0 Å². The van der Waals surface area contributed by atoms with Gasteiger partial charge in [-0.2, -0.15) is 15.2 Å². The Labute approximate surface area is 247 Å². The van der Waals surface area contributed by atoms with Crippen molar-refractivity contribution >= 4 is 54.7 Å². The van der Waals surface area contributed by atoms with Crippen molar-refractivity contribution in [1.29, 1.82) is 5.26 Å². The summed E-state index contributed by atoms with van der Waals surface area (Å²) in [5.74, 6) is -0.675. The van der Waals surface area contributed by atoms with E-state index in [4.69, 9.17) is 31.8 Å². The molecule has 2 aromatic heterocycles. The average molecular weight is 613 g/mol. The van der Waals surface area contributed by atoms with Crippen molar-refractivity contribution in [1.82, 2.24) is 14.9 Å². The monoisotopic (exact) mass is 612 g/mol. The first-order chi connectivity index (χ1) is 20.3. The van der Waals surface area contributed by atoms with Crippen molar-refractivity contribution in [3.05, 3.63) is 34.4 Å². The highest BCUT2D eigenvalue weighted by Crippen LogP contribution is 2.52. The van der Waals surface area contributed by atoms with Gasteiger partial charge in [0.15, 0.2) is 11.6 Å². The van der Waals surface area contributed by atoms with E-state index < -0.39 is 23.3 Å². The number of hydrogen-bond donors (Lipinski definition) is 1. The molecule has 6 heterocycles. The van der Waals surface area contributed by atoms with Gasteiger partial charge in [-0.05, 0) is 37.4 Å². The zero-order chi connectivity index (χ0) is 28.9. The van der Waals surface area contributed by atoms with Crippen molar-refractivity contribution < 1.29 is 22.6 Å². The second-order valence-corrected chi connectivity index (χ2v) is 12.9. The van der Waals surface area contributed by atoms with E-state index in [0.29, 0.717) is 37.3 Å². The van der Waals surface area contributed by atoms with Gasteiger partial charge in [0.2, 0.25) is 0 Å². The fourth-order valence-corrected chi connectivity index (χ4v) is 8.39. The molecule has 42 heavy (non-hydrogen) atoms. The van der Waals surface area contributed by atoms with Gasteiger partial charge in [0.05, 0.1) is 32.3 Å². The van der Waals surface area contributed by atoms with E-state index in [1.165, 1.54) is 12.1 Å². The van der Waals surface area contributed by atoms with Crippen LogP contribution in [-0.4, -0.2) is 65.5 Å². The molecule has 4 aromatic rings. The van der Waals surface area contributed by atoms with Crippen LogP contribution in [0.25, 0.3) is 32.1 Å². The molecule has 3 saturated heterocycles. The molecule has 4 aliphatic heterocycles. The summed E-state index contributed by atoms with van der Waals surface area (Å²) in [6, 6.07) is 4.60. The summed E-state index contributed by atoms with van der Waals surface area (Å²) in [4.78, 5) is 13.4. The van der Waals surface area contributed by atoms with Crippen molar-refractivity contribution in [3.63, 3.8) is 0 Å². The standard InChI is InChI=1S/C29H24ClF3N6O2S/c30-21-19(15-2-3-17(32)25-18(15)16(9-34)26(35)42-25)22(33)23-20-24(21)40-11-14-4-7-39(14)27(20)37-28(36-23)41-12-29-5-1-6-38(29)10-13(31)8-29/h2-3,13-14H,1,4-8,10-12,35H2/t13-,14+,29+/m1/s1. The molecule has 0 unspecified atom stereocenters. The van der Waals surface area contributed by atoms with E-state index in [1.54, 1.807) is 0 Å². The largest absolute Gasteiger partial charge is 0.489 e. The topological polar surface area (TPSA) is 101 Å². The number of alkyl halides is 1. The number of benzene rings is 2. The van der Waals surface area contributed by atoms with Gasteiger partial charge in [-0.25, -0.2) is 13.2 Å². The van der Waals surface area contributed by atoms with Gasteiger partial charge >= 0.3 is 6.01 Å². The van der Waals surface area contributed by atoms with Crippen molar-refractivity contribution in [2.75, 3.05) is 43.5 Å². The van der Waals surface area contributed by atoms with Crippen LogP contribution in [0.15, 0.2) is 12.1 Å². The molecule has 3 atom stereocenters. The maximum atomic E-state index is 16.8. The van der Waals surface area contributed by atoms with Crippen molar-refractivity contribution in [2.45, 2.75) is 43.4 Å². The van der Waals surface area contributed by atoms with Gasteiger partial charge in [0.25, 0.3) is 0 Å². The third-order valence-electron chi connectivity index (χ3n) is 9.21. The fourth-order valence-electron chi connectivity index (χ4n) is 7.11. The molecule has 2 N–H and O–H groups in total. The molecule has 0 aliphatic carbocycles. The van der Waals surface area contributed by atoms with Crippen LogP contribution in [0.4, 0.5) is 24.0 Å². The minimum atomic E-state index is -0.920. The molecule has 8 rings (SSSR count). The first-order valence-electron chi connectivity index (χ1n) is 13.8. The van der Waals surface area contributed by atoms with Gasteiger partial charge in [0.1, 0.15) is 47.6 Å². The lowest BCUT2D eigenvalue weighted by atomic mass is 9.95. The first-order valence-corrected chi connectivity index (χ1v) is 15.0. The Morgan fingerprint density at radius 3 is 2.90 bits per heavy atom. The molecular weight excluding hydrogens is 589 g/mol. The number of aromatic nitrogens is 2. The van der Waals surface area contributed by atoms with Gasteiger partial charge in [-0.3, -0.25) is 4.90 Å². The maximum absolute atomic E-state index is 16.8. The Kier molecular flexibility index (Phi) is 5.74. The molecule has 0 radical (unpaired) electrons.